The van der Waals surface area contributed by atoms with Crippen LogP contribution in [0.1, 0.15) is 33.9 Å². The first-order chi connectivity index (χ1) is 19.0. The van der Waals surface area contributed by atoms with E-state index in [1.54, 1.807) is 33.7 Å². The molecule has 1 aliphatic heterocycles. The number of nitrogens with one attached hydrogen (secondary N) is 1. The van der Waals surface area contributed by atoms with Gasteiger partial charge < -0.3 is 9.47 Å². The van der Waals surface area contributed by atoms with Gasteiger partial charge in [-0.25, -0.2) is 14.5 Å². The normalized spacial score (nSPS) is 14.2. The summed E-state index contributed by atoms with van der Waals surface area (Å²) in [6.07, 6.45) is 5.42. The molecule has 0 bridgehead atoms. The number of ether oxygens (including phenoxy) is 2. The van der Waals surface area contributed by atoms with E-state index in [1.165, 1.54) is 0 Å². The van der Waals surface area contributed by atoms with Crippen molar-refractivity contribution in [3.8, 4) is 28.9 Å². The number of H-pyrrole nitrogens is 1. The van der Waals surface area contributed by atoms with E-state index in [4.69, 9.17) is 42.8 Å². The number of halogens is 2. The summed E-state index contributed by atoms with van der Waals surface area (Å²) in [6, 6.07) is 13.2. The van der Waals surface area contributed by atoms with Gasteiger partial charge in [0.1, 0.15) is 23.7 Å². The molecule has 0 unspecified atom stereocenters. The molecule has 39 heavy (non-hydrogen) atoms. The van der Waals surface area contributed by atoms with Gasteiger partial charge in [0.05, 0.1) is 22.7 Å². The van der Waals surface area contributed by atoms with Crippen LogP contribution in [0.2, 0.25) is 10.0 Å². The van der Waals surface area contributed by atoms with Crippen molar-refractivity contribution < 1.29 is 9.47 Å². The molecule has 0 saturated heterocycles. The largest absolute Gasteiger partial charge is 0.487 e. The number of aromatic amines is 1. The summed E-state index contributed by atoms with van der Waals surface area (Å²) in [5.74, 6) is 1.78. The van der Waals surface area contributed by atoms with Gasteiger partial charge >= 0.3 is 0 Å². The summed E-state index contributed by atoms with van der Waals surface area (Å²) in [5, 5.41) is 17.3. The summed E-state index contributed by atoms with van der Waals surface area (Å²) in [5.41, 5.74) is 6.01. The Morgan fingerprint density at radius 1 is 1.10 bits per heavy atom. The van der Waals surface area contributed by atoms with Crippen molar-refractivity contribution in [2.24, 2.45) is 7.05 Å². The Kier molecular flexibility index (Phi) is 5.53. The number of aromatic nitrogens is 8. The Morgan fingerprint density at radius 3 is 2.82 bits per heavy atom. The molecule has 12 heteroatoms. The van der Waals surface area contributed by atoms with Crippen molar-refractivity contribution >= 4 is 28.8 Å². The number of hydrogen-bond acceptors (Lipinski definition) is 7. The molecule has 1 atom stereocenters. The number of aryl methyl sites for hydroxylation is 2. The summed E-state index contributed by atoms with van der Waals surface area (Å²) >= 11 is 12.4. The van der Waals surface area contributed by atoms with Crippen LogP contribution in [-0.2, 0) is 13.7 Å². The second-order valence-electron chi connectivity index (χ2n) is 9.26. The maximum absolute atomic E-state index is 6.27. The van der Waals surface area contributed by atoms with Crippen LogP contribution in [0.4, 0.5) is 0 Å². The third kappa shape index (κ3) is 4.00. The Bertz CT molecular complexity index is 1880. The molecule has 7 rings (SSSR count). The molecule has 10 nitrogen and oxygen atoms in total. The van der Waals surface area contributed by atoms with Gasteiger partial charge in [-0.2, -0.15) is 5.10 Å². The van der Waals surface area contributed by atoms with Crippen LogP contribution >= 0.6 is 23.2 Å². The summed E-state index contributed by atoms with van der Waals surface area (Å²) in [4.78, 5) is 9.50. The van der Waals surface area contributed by atoms with E-state index >= 15 is 0 Å². The van der Waals surface area contributed by atoms with Gasteiger partial charge in [-0.15, -0.1) is 10.2 Å². The molecule has 1 N–H and O–H groups in total. The first kappa shape index (κ1) is 23.7. The van der Waals surface area contributed by atoms with Crippen LogP contribution < -0.4 is 9.47 Å². The Hall–Kier alpha value is -4.41. The Balaban J connectivity index is 1.28. The Labute approximate surface area is 232 Å². The average molecular weight is 559 g/mol. The zero-order valence-electron chi connectivity index (χ0n) is 20.8. The third-order valence-corrected chi connectivity index (χ3v) is 7.47. The molecule has 0 saturated carbocycles. The highest BCUT2D eigenvalue weighted by molar-refractivity contribution is 6.42. The van der Waals surface area contributed by atoms with Crippen molar-refractivity contribution in [2.45, 2.75) is 19.4 Å². The third-order valence-electron chi connectivity index (χ3n) is 6.67. The topological polar surface area (TPSA) is 108 Å². The minimum Gasteiger partial charge on any atom is -0.487 e. The molecule has 4 aromatic heterocycles. The first-order valence-corrected chi connectivity index (χ1v) is 12.8. The maximum Gasteiger partial charge on any atom is 0.244 e. The predicted molar refractivity (Wildman–Crippen MR) is 145 cm³/mol. The van der Waals surface area contributed by atoms with Gasteiger partial charge in [0.15, 0.2) is 11.5 Å². The van der Waals surface area contributed by atoms with Gasteiger partial charge in [-0.3, -0.25) is 9.78 Å². The lowest BCUT2D eigenvalue weighted by Crippen LogP contribution is -2.14. The van der Waals surface area contributed by atoms with Crippen LogP contribution in [0.5, 0.6) is 17.5 Å². The molecule has 6 aromatic rings. The Morgan fingerprint density at radius 2 is 1.97 bits per heavy atom. The predicted octanol–water partition coefficient (Wildman–Crippen LogP) is 5.73. The number of benzene rings is 2. The molecule has 0 amide bonds. The fraction of sp³-hybridized carbons (Fsp3) is 0.148. The second-order valence-corrected chi connectivity index (χ2v) is 10.0. The van der Waals surface area contributed by atoms with E-state index in [0.717, 1.165) is 33.5 Å². The molecular formula is C27H20Cl2N8O2. The minimum atomic E-state index is -0.230. The van der Waals surface area contributed by atoms with E-state index in [9.17, 15) is 0 Å². The van der Waals surface area contributed by atoms with Crippen molar-refractivity contribution in [2.75, 3.05) is 0 Å². The molecular weight excluding hydrogens is 539 g/mol. The van der Waals surface area contributed by atoms with Gasteiger partial charge in [-0.05, 0) is 30.7 Å². The molecule has 0 aliphatic carbocycles. The van der Waals surface area contributed by atoms with Gasteiger partial charge in [0, 0.05) is 35.6 Å². The zero-order chi connectivity index (χ0) is 26.7. The highest BCUT2D eigenvalue weighted by Crippen LogP contribution is 2.48. The van der Waals surface area contributed by atoms with Crippen LogP contribution in [0, 0.1) is 6.92 Å². The highest BCUT2D eigenvalue weighted by Gasteiger charge is 2.37. The molecule has 0 fully saturated rings. The standard InChI is InChI=1S/C27H20Cl2N8O2/c1-14-20-21(17-10-31-36(2)11-17)22-25-32-24(35-37(25)13-30-26(22)39-27(20)34-33-14)16-6-3-5-15(9-16)12-38-19-8-4-7-18(28)23(19)29/h3-11,13,21H,12H2,1-2H3,(H,33,34)/t21-/m1/s1. The average Bonchev–Trinajstić information content (AvgIpc) is 3.67. The fourth-order valence-corrected chi connectivity index (χ4v) is 5.21. The zero-order valence-corrected chi connectivity index (χ0v) is 22.3. The van der Waals surface area contributed by atoms with E-state index < -0.39 is 0 Å². The number of fused-ring (bicyclic) bond motifs is 4. The van der Waals surface area contributed by atoms with Crippen molar-refractivity contribution in [1.82, 2.24) is 39.6 Å². The summed E-state index contributed by atoms with van der Waals surface area (Å²) in [7, 11) is 1.89. The first-order valence-electron chi connectivity index (χ1n) is 12.1. The van der Waals surface area contributed by atoms with Gasteiger partial charge in [-0.1, -0.05) is 47.5 Å². The quantitative estimate of drug-likeness (QED) is 0.287. The van der Waals surface area contributed by atoms with Gasteiger partial charge in [0.25, 0.3) is 0 Å². The lowest BCUT2D eigenvalue weighted by atomic mass is 9.86. The maximum atomic E-state index is 6.27. The van der Waals surface area contributed by atoms with Crippen molar-refractivity contribution in [3.05, 3.63) is 99.2 Å². The van der Waals surface area contributed by atoms with E-state index in [0.29, 0.717) is 45.6 Å². The highest BCUT2D eigenvalue weighted by atomic mass is 35.5. The molecule has 0 spiro atoms. The molecule has 194 valence electrons. The lowest BCUT2D eigenvalue weighted by molar-refractivity contribution is 0.306. The van der Waals surface area contributed by atoms with E-state index in [2.05, 4.69) is 20.3 Å². The molecule has 1 aliphatic rings. The van der Waals surface area contributed by atoms with E-state index in [-0.39, 0.29) is 5.92 Å². The molecule has 2 aromatic carbocycles. The number of hydrogen-bond donors (Lipinski definition) is 1. The minimum absolute atomic E-state index is 0.230. The van der Waals surface area contributed by atoms with Crippen LogP contribution in [0.15, 0.2) is 61.2 Å². The summed E-state index contributed by atoms with van der Waals surface area (Å²) in [6.45, 7) is 2.27. The SMILES string of the molecule is Cc1[nH]nc2c1[C@@H](c1cnn(C)c1)c1c(ncn3nc(-c4cccc(COc5cccc(Cl)c5Cl)c4)nc13)O2. The number of rotatable bonds is 5. The summed E-state index contributed by atoms with van der Waals surface area (Å²) < 4.78 is 15.5. The van der Waals surface area contributed by atoms with Crippen LogP contribution in [0.25, 0.3) is 17.0 Å². The monoisotopic (exact) mass is 558 g/mol. The smallest absolute Gasteiger partial charge is 0.244 e. The number of nitrogens with zero attached hydrogens (tertiary/aromatic N) is 7. The lowest BCUT2D eigenvalue weighted by Gasteiger charge is -2.24. The second kappa shape index (κ2) is 9.11. The van der Waals surface area contributed by atoms with Crippen molar-refractivity contribution in [1.29, 1.82) is 0 Å². The van der Waals surface area contributed by atoms with Crippen molar-refractivity contribution in [3.63, 3.8) is 0 Å². The molecule has 5 heterocycles. The van der Waals surface area contributed by atoms with Crippen LogP contribution in [-0.4, -0.2) is 39.6 Å². The molecule has 0 radical (unpaired) electrons. The van der Waals surface area contributed by atoms with Gasteiger partial charge in [0.2, 0.25) is 11.8 Å². The fourth-order valence-electron chi connectivity index (χ4n) is 4.86. The van der Waals surface area contributed by atoms with Crippen LogP contribution in [0.3, 0.4) is 0 Å². The van der Waals surface area contributed by atoms with E-state index in [1.807, 2.05) is 50.6 Å².